The molecule has 1 aromatic rings. The van der Waals surface area contributed by atoms with Gasteiger partial charge in [-0.05, 0) is 34.1 Å². The minimum Gasteiger partial charge on any atom is -0.376 e. The fourth-order valence-electron chi connectivity index (χ4n) is 1.64. The lowest BCUT2D eigenvalue weighted by Crippen LogP contribution is -2.39. The molecular weight excluding hydrogens is 374 g/mol. The third-order valence-corrected chi connectivity index (χ3v) is 4.87. The lowest BCUT2D eigenvalue weighted by Gasteiger charge is -2.22. The van der Waals surface area contributed by atoms with E-state index < -0.39 is 15.2 Å². The number of amides is 1. The van der Waals surface area contributed by atoms with E-state index in [1.54, 1.807) is 0 Å². The predicted molar refractivity (Wildman–Crippen MR) is 76.4 cm³/mol. The monoisotopic (exact) mass is 383 g/mol. The van der Waals surface area contributed by atoms with E-state index in [1.165, 1.54) is 18.2 Å². The van der Waals surface area contributed by atoms with Gasteiger partial charge in [-0.2, -0.15) is 0 Å². The number of benzene rings is 1. The first kappa shape index (κ1) is 15.7. The smallest absolute Gasteiger partial charge is 0.262 e. The largest absolute Gasteiger partial charge is 0.376 e. The normalized spacial score (nSPS) is 19.6. The molecule has 1 heterocycles. The van der Waals surface area contributed by atoms with Crippen LogP contribution in [0.2, 0.25) is 0 Å². The zero-order valence-corrected chi connectivity index (χ0v) is 13.3. The molecule has 2 rings (SSSR count). The molecule has 9 heteroatoms. The van der Waals surface area contributed by atoms with E-state index in [0.717, 1.165) is 0 Å². The number of hydrogen-bond donors (Lipinski definition) is 1. The van der Waals surface area contributed by atoms with Crippen molar-refractivity contribution in [1.82, 2.24) is 0 Å². The van der Waals surface area contributed by atoms with Gasteiger partial charge in [0.05, 0.1) is 24.7 Å². The highest BCUT2D eigenvalue weighted by atomic mass is 79.9. The molecule has 20 heavy (non-hydrogen) atoms. The Labute approximate surface area is 128 Å². The van der Waals surface area contributed by atoms with Crippen molar-refractivity contribution in [3.05, 3.63) is 22.7 Å². The second kappa shape index (κ2) is 6.40. The average Bonchev–Trinajstić information content (AvgIpc) is 2.38. The lowest BCUT2D eigenvalue weighted by atomic mass is 10.3. The summed E-state index contributed by atoms with van der Waals surface area (Å²) in [6.07, 6.45) is -0.668. The van der Waals surface area contributed by atoms with Crippen molar-refractivity contribution < 1.29 is 22.7 Å². The zero-order valence-electron chi connectivity index (χ0n) is 10.1. The fourth-order valence-corrected chi connectivity index (χ4v) is 3.86. The Morgan fingerprint density at radius 3 is 2.70 bits per heavy atom. The topological polar surface area (TPSA) is 81.7 Å². The summed E-state index contributed by atoms with van der Waals surface area (Å²) in [5.74, 6) is -0.349. The van der Waals surface area contributed by atoms with Crippen LogP contribution < -0.4 is 5.32 Å². The predicted octanol–water partition coefficient (Wildman–Crippen LogP) is 1.73. The van der Waals surface area contributed by atoms with Crippen LogP contribution in [0.4, 0.5) is 5.69 Å². The minimum atomic E-state index is -3.83. The van der Waals surface area contributed by atoms with E-state index in [9.17, 15) is 13.2 Å². The Hall–Kier alpha value is -0.670. The molecule has 1 atom stereocenters. The molecule has 1 amide bonds. The molecule has 0 radical (unpaired) electrons. The van der Waals surface area contributed by atoms with Gasteiger partial charge in [0.2, 0.25) is 0 Å². The molecule has 1 N–H and O–H groups in total. The summed E-state index contributed by atoms with van der Waals surface area (Å²) >= 11 is 3.10. The molecular formula is C11H11BrClNO5S. The van der Waals surface area contributed by atoms with Crippen LogP contribution in [0, 0.1) is 0 Å². The molecule has 1 aliphatic rings. The molecule has 0 bridgehead atoms. The summed E-state index contributed by atoms with van der Waals surface area (Å²) in [7, 11) is 1.43. The Balaban J connectivity index is 2.10. The summed E-state index contributed by atoms with van der Waals surface area (Å²) in [5, 5.41) is 2.62. The van der Waals surface area contributed by atoms with Crippen LogP contribution in [0.5, 0.6) is 0 Å². The molecule has 1 fully saturated rings. The van der Waals surface area contributed by atoms with Crippen molar-refractivity contribution in [1.29, 1.82) is 0 Å². The first-order valence-corrected chi connectivity index (χ1v) is 8.72. The number of anilines is 1. The van der Waals surface area contributed by atoms with E-state index in [4.69, 9.17) is 20.2 Å². The van der Waals surface area contributed by atoms with Crippen LogP contribution in [-0.2, 0) is 23.3 Å². The van der Waals surface area contributed by atoms with Crippen molar-refractivity contribution in [3.8, 4) is 0 Å². The van der Waals surface area contributed by atoms with Crippen LogP contribution in [0.1, 0.15) is 0 Å². The average molecular weight is 385 g/mol. The molecule has 1 saturated heterocycles. The van der Waals surface area contributed by atoms with E-state index in [0.29, 0.717) is 18.9 Å². The minimum absolute atomic E-state index is 0.0607. The first-order chi connectivity index (χ1) is 9.38. The molecule has 0 spiro atoms. The lowest BCUT2D eigenvalue weighted by molar-refractivity contribution is -0.142. The van der Waals surface area contributed by atoms with Gasteiger partial charge >= 0.3 is 0 Å². The van der Waals surface area contributed by atoms with Crippen molar-refractivity contribution in [2.24, 2.45) is 0 Å². The van der Waals surface area contributed by atoms with E-state index in [2.05, 4.69) is 21.2 Å². The maximum atomic E-state index is 11.9. The Bertz CT molecular complexity index is 615. The highest BCUT2D eigenvalue weighted by Crippen LogP contribution is 2.28. The molecule has 110 valence electrons. The highest BCUT2D eigenvalue weighted by Gasteiger charge is 2.23. The van der Waals surface area contributed by atoms with Crippen molar-refractivity contribution in [2.45, 2.75) is 11.0 Å². The quantitative estimate of drug-likeness (QED) is 0.803. The molecule has 1 aromatic carbocycles. The molecule has 0 aromatic heterocycles. The number of rotatable bonds is 3. The van der Waals surface area contributed by atoms with Gasteiger partial charge in [-0.25, -0.2) is 8.42 Å². The molecule has 0 aliphatic carbocycles. The summed E-state index contributed by atoms with van der Waals surface area (Å²) in [6.45, 7) is 1.03. The molecule has 1 unspecified atom stereocenters. The number of ether oxygens (including phenoxy) is 2. The van der Waals surface area contributed by atoms with E-state index >= 15 is 0 Å². The Morgan fingerprint density at radius 1 is 1.40 bits per heavy atom. The SMILES string of the molecule is O=C(Nc1ccc(S(=O)(=O)Cl)c(Br)c1)C1COCCO1. The van der Waals surface area contributed by atoms with Crippen LogP contribution in [0.25, 0.3) is 0 Å². The first-order valence-electron chi connectivity index (χ1n) is 5.62. The summed E-state index contributed by atoms with van der Waals surface area (Å²) < 4.78 is 33.2. The number of hydrogen-bond acceptors (Lipinski definition) is 5. The Morgan fingerprint density at radius 2 is 2.15 bits per heavy atom. The third-order valence-electron chi connectivity index (χ3n) is 2.57. The maximum absolute atomic E-state index is 11.9. The van der Waals surface area contributed by atoms with Crippen LogP contribution in [-0.4, -0.2) is 40.2 Å². The van der Waals surface area contributed by atoms with E-state index in [1.807, 2.05) is 0 Å². The van der Waals surface area contributed by atoms with Gasteiger partial charge < -0.3 is 14.8 Å². The van der Waals surface area contributed by atoms with Gasteiger partial charge in [0.15, 0.2) is 6.10 Å². The number of carbonyl (C=O) groups excluding carboxylic acids is 1. The van der Waals surface area contributed by atoms with Gasteiger partial charge in [-0.15, -0.1) is 0 Å². The number of carbonyl (C=O) groups is 1. The summed E-state index contributed by atoms with van der Waals surface area (Å²) in [6, 6.07) is 4.21. The molecule has 0 saturated carbocycles. The highest BCUT2D eigenvalue weighted by molar-refractivity contribution is 9.10. The maximum Gasteiger partial charge on any atom is 0.262 e. The van der Waals surface area contributed by atoms with Crippen LogP contribution >= 0.6 is 26.6 Å². The zero-order chi connectivity index (χ0) is 14.8. The van der Waals surface area contributed by atoms with Gasteiger partial charge in [0, 0.05) is 20.8 Å². The second-order valence-corrected chi connectivity index (χ2v) is 7.40. The van der Waals surface area contributed by atoms with Crippen molar-refractivity contribution in [2.75, 3.05) is 25.1 Å². The van der Waals surface area contributed by atoms with Crippen LogP contribution in [0.3, 0.4) is 0 Å². The van der Waals surface area contributed by atoms with Gasteiger partial charge in [-0.1, -0.05) is 0 Å². The van der Waals surface area contributed by atoms with E-state index in [-0.39, 0.29) is 21.9 Å². The van der Waals surface area contributed by atoms with Crippen molar-refractivity contribution in [3.63, 3.8) is 0 Å². The summed E-state index contributed by atoms with van der Waals surface area (Å²) in [4.78, 5) is 11.8. The van der Waals surface area contributed by atoms with Crippen molar-refractivity contribution >= 4 is 47.3 Å². The second-order valence-electron chi connectivity index (χ2n) is 4.01. The van der Waals surface area contributed by atoms with Gasteiger partial charge in [0.1, 0.15) is 0 Å². The number of nitrogens with one attached hydrogen (secondary N) is 1. The number of halogens is 2. The van der Waals surface area contributed by atoms with Gasteiger partial charge in [-0.3, -0.25) is 4.79 Å². The fraction of sp³-hybridized carbons (Fsp3) is 0.364. The van der Waals surface area contributed by atoms with Crippen LogP contribution in [0.15, 0.2) is 27.6 Å². The standard InChI is InChI=1S/C11H11BrClNO5S/c12-8-5-7(1-2-10(8)20(13,16)17)14-11(15)9-6-18-3-4-19-9/h1-2,5,9H,3-4,6H2,(H,14,15). The van der Waals surface area contributed by atoms with Gasteiger partial charge in [0.25, 0.3) is 15.0 Å². The molecule has 1 aliphatic heterocycles. The Kier molecular flexibility index (Phi) is 5.03. The summed E-state index contributed by atoms with van der Waals surface area (Å²) in [5.41, 5.74) is 0.431. The third kappa shape index (κ3) is 3.92. The molecule has 6 nitrogen and oxygen atoms in total.